The molecule has 0 fully saturated rings. The van der Waals surface area contributed by atoms with E-state index in [9.17, 15) is 5.11 Å². The van der Waals surface area contributed by atoms with Gasteiger partial charge in [-0.1, -0.05) is 36.4 Å². The number of aliphatic hydroxyl groups is 1. The van der Waals surface area contributed by atoms with E-state index in [1.807, 2.05) is 49.4 Å². The van der Waals surface area contributed by atoms with Gasteiger partial charge in [0, 0.05) is 23.5 Å². The van der Waals surface area contributed by atoms with Crippen LogP contribution in [-0.4, -0.2) is 17.2 Å². The molecule has 0 bridgehead atoms. The van der Waals surface area contributed by atoms with Gasteiger partial charge in [0.2, 0.25) is 0 Å². The predicted octanol–water partition coefficient (Wildman–Crippen LogP) is 3.63. The average Bonchev–Trinajstić information content (AvgIpc) is 2.53. The maximum atomic E-state index is 10.8. The Morgan fingerprint density at radius 3 is 2.67 bits per heavy atom. The van der Waals surface area contributed by atoms with E-state index in [2.05, 4.69) is 4.98 Å². The average molecular weight is 279 g/mol. The number of hydrogen-bond donors (Lipinski definition) is 1. The van der Waals surface area contributed by atoms with Gasteiger partial charge in [0.05, 0.1) is 7.11 Å². The van der Waals surface area contributed by atoms with Crippen LogP contribution in [0.15, 0.2) is 54.9 Å². The van der Waals surface area contributed by atoms with E-state index < -0.39 is 6.10 Å². The largest absolute Gasteiger partial charge is 0.496 e. The number of fused-ring (bicyclic) bond motifs is 1. The van der Waals surface area contributed by atoms with Gasteiger partial charge in [0.1, 0.15) is 11.9 Å². The topological polar surface area (TPSA) is 42.4 Å². The standard InChI is InChI=1S/C18H17NO2/c1-12-9-14(11-19-10-12)18(20)17-15-6-4-3-5-13(15)7-8-16(17)21-2/h3-11,18,20H,1-2H3. The SMILES string of the molecule is COc1ccc2ccccc2c1C(O)c1cncc(C)c1. The van der Waals surface area contributed by atoms with Crippen molar-refractivity contribution in [1.82, 2.24) is 4.98 Å². The fourth-order valence-corrected chi connectivity index (χ4v) is 2.63. The van der Waals surface area contributed by atoms with Crippen LogP contribution in [0.3, 0.4) is 0 Å². The van der Waals surface area contributed by atoms with Crippen LogP contribution in [0.5, 0.6) is 5.75 Å². The van der Waals surface area contributed by atoms with Crippen LogP contribution < -0.4 is 4.74 Å². The lowest BCUT2D eigenvalue weighted by Crippen LogP contribution is -2.04. The van der Waals surface area contributed by atoms with Crippen molar-refractivity contribution in [2.75, 3.05) is 7.11 Å². The first-order chi connectivity index (χ1) is 10.2. The third-order valence-electron chi connectivity index (χ3n) is 3.64. The first-order valence-corrected chi connectivity index (χ1v) is 6.86. The number of aliphatic hydroxyl groups excluding tert-OH is 1. The van der Waals surface area contributed by atoms with Crippen LogP contribution in [0, 0.1) is 6.92 Å². The molecule has 0 saturated carbocycles. The van der Waals surface area contributed by atoms with E-state index in [-0.39, 0.29) is 0 Å². The number of ether oxygens (including phenoxy) is 1. The van der Waals surface area contributed by atoms with Crippen LogP contribution in [0.2, 0.25) is 0 Å². The summed E-state index contributed by atoms with van der Waals surface area (Å²) in [6.45, 7) is 1.96. The molecule has 2 aromatic carbocycles. The molecular weight excluding hydrogens is 262 g/mol. The zero-order chi connectivity index (χ0) is 14.8. The third-order valence-corrected chi connectivity index (χ3v) is 3.64. The predicted molar refractivity (Wildman–Crippen MR) is 83.5 cm³/mol. The molecule has 3 heteroatoms. The van der Waals surface area contributed by atoms with Crippen molar-refractivity contribution in [1.29, 1.82) is 0 Å². The van der Waals surface area contributed by atoms with E-state index >= 15 is 0 Å². The number of pyridine rings is 1. The van der Waals surface area contributed by atoms with Crippen molar-refractivity contribution in [3.05, 3.63) is 71.5 Å². The van der Waals surface area contributed by atoms with Crippen LogP contribution in [0.1, 0.15) is 22.8 Å². The molecule has 1 heterocycles. The quantitative estimate of drug-likeness (QED) is 0.796. The van der Waals surface area contributed by atoms with Gasteiger partial charge in [-0.15, -0.1) is 0 Å². The normalized spacial score (nSPS) is 12.3. The molecule has 0 aliphatic heterocycles. The van der Waals surface area contributed by atoms with Crippen molar-refractivity contribution >= 4 is 10.8 Å². The maximum Gasteiger partial charge on any atom is 0.125 e. The minimum absolute atomic E-state index is 0.683. The lowest BCUT2D eigenvalue weighted by atomic mass is 9.95. The summed E-state index contributed by atoms with van der Waals surface area (Å²) in [5.41, 5.74) is 2.57. The third kappa shape index (κ3) is 2.48. The summed E-state index contributed by atoms with van der Waals surface area (Å²) >= 11 is 0. The summed E-state index contributed by atoms with van der Waals surface area (Å²) in [5, 5.41) is 12.9. The molecule has 106 valence electrons. The minimum Gasteiger partial charge on any atom is -0.496 e. The van der Waals surface area contributed by atoms with Crippen LogP contribution in [-0.2, 0) is 0 Å². The first-order valence-electron chi connectivity index (χ1n) is 6.86. The summed E-state index contributed by atoms with van der Waals surface area (Å²) in [7, 11) is 1.62. The molecule has 0 aliphatic rings. The second-order valence-corrected chi connectivity index (χ2v) is 5.10. The number of benzene rings is 2. The first kappa shape index (κ1) is 13.6. The monoisotopic (exact) mass is 279 g/mol. The van der Waals surface area contributed by atoms with E-state index in [1.54, 1.807) is 19.5 Å². The summed E-state index contributed by atoms with van der Waals surface area (Å²) in [5.74, 6) is 0.683. The fourth-order valence-electron chi connectivity index (χ4n) is 2.63. The molecular formula is C18H17NO2. The van der Waals surface area contributed by atoms with Crippen molar-refractivity contribution in [2.45, 2.75) is 13.0 Å². The molecule has 3 nitrogen and oxygen atoms in total. The molecule has 21 heavy (non-hydrogen) atoms. The summed E-state index contributed by atoms with van der Waals surface area (Å²) < 4.78 is 5.45. The van der Waals surface area contributed by atoms with Gasteiger partial charge in [-0.25, -0.2) is 0 Å². The van der Waals surface area contributed by atoms with Gasteiger partial charge >= 0.3 is 0 Å². The van der Waals surface area contributed by atoms with Gasteiger partial charge in [-0.05, 0) is 29.3 Å². The Labute approximate surface area is 123 Å². The number of aryl methyl sites for hydroxylation is 1. The Morgan fingerprint density at radius 1 is 1.10 bits per heavy atom. The number of nitrogens with zero attached hydrogens (tertiary/aromatic N) is 1. The van der Waals surface area contributed by atoms with Gasteiger partial charge in [-0.3, -0.25) is 4.98 Å². The van der Waals surface area contributed by atoms with Crippen LogP contribution >= 0.6 is 0 Å². The summed E-state index contributed by atoms with van der Waals surface area (Å²) in [4.78, 5) is 4.17. The van der Waals surface area contributed by atoms with Gasteiger partial charge in [-0.2, -0.15) is 0 Å². The molecule has 1 unspecified atom stereocenters. The van der Waals surface area contributed by atoms with Gasteiger partial charge < -0.3 is 9.84 Å². The number of methoxy groups -OCH3 is 1. The second-order valence-electron chi connectivity index (χ2n) is 5.10. The second kappa shape index (κ2) is 5.54. The summed E-state index contributed by atoms with van der Waals surface area (Å²) in [6.07, 6.45) is 2.70. The Hall–Kier alpha value is -2.39. The highest BCUT2D eigenvalue weighted by Gasteiger charge is 2.19. The summed E-state index contributed by atoms with van der Waals surface area (Å²) in [6, 6.07) is 13.8. The molecule has 3 aromatic rings. The highest BCUT2D eigenvalue weighted by atomic mass is 16.5. The smallest absolute Gasteiger partial charge is 0.125 e. The lowest BCUT2D eigenvalue weighted by Gasteiger charge is -2.18. The fraction of sp³-hybridized carbons (Fsp3) is 0.167. The van der Waals surface area contributed by atoms with E-state index in [0.29, 0.717) is 5.75 Å². The molecule has 0 spiro atoms. The molecule has 0 saturated heterocycles. The highest BCUT2D eigenvalue weighted by Crippen LogP contribution is 2.36. The molecule has 0 radical (unpaired) electrons. The molecule has 0 amide bonds. The molecule has 1 atom stereocenters. The van der Waals surface area contributed by atoms with Crippen LogP contribution in [0.25, 0.3) is 10.8 Å². The Morgan fingerprint density at radius 2 is 1.90 bits per heavy atom. The van der Waals surface area contributed by atoms with E-state index in [1.165, 1.54) is 0 Å². The molecule has 3 rings (SSSR count). The van der Waals surface area contributed by atoms with E-state index in [4.69, 9.17) is 4.74 Å². The van der Waals surface area contributed by atoms with Gasteiger partial charge in [0.25, 0.3) is 0 Å². The van der Waals surface area contributed by atoms with Crippen molar-refractivity contribution in [2.24, 2.45) is 0 Å². The van der Waals surface area contributed by atoms with Crippen molar-refractivity contribution in [3.63, 3.8) is 0 Å². The van der Waals surface area contributed by atoms with Crippen molar-refractivity contribution < 1.29 is 9.84 Å². The number of hydrogen-bond acceptors (Lipinski definition) is 3. The van der Waals surface area contributed by atoms with Crippen LogP contribution in [0.4, 0.5) is 0 Å². The minimum atomic E-state index is -0.765. The zero-order valence-corrected chi connectivity index (χ0v) is 12.1. The van der Waals surface area contributed by atoms with Crippen molar-refractivity contribution in [3.8, 4) is 5.75 Å². The van der Waals surface area contributed by atoms with Gasteiger partial charge in [0.15, 0.2) is 0 Å². The van der Waals surface area contributed by atoms with E-state index in [0.717, 1.165) is 27.5 Å². The lowest BCUT2D eigenvalue weighted by molar-refractivity contribution is 0.216. The zero-order valence-electron chi connectivity index (χ0n) is 12.1. The number of rotatable bonds is 3. The molecule has 0 aliphatic carbocycles. The number of aromatic nitrogens is 1. The Kier molecular flexibility index (Phi) is 3.59. The molecule has 1 N–H and O–H groups in total. The Balaban J connectivity index is 2.22. The Bertz CT molecular complexity index is 783. The molecule has 1 aromatic heterocycles. The maximum absolute atomic E-state index is 10.8. The highest BCUT2D eigenvalue weighted by molar-refractivity contribution is 5.88.